The topological polar surface area (TPSA) is 90.4 Å². The molecule has 0 aromatic heterocycles. The van der Waals surface area contributed by atoms with Gasteiger partial charge in [0.25, 0.3) is 0 Å². The van der Waals surface area contributed by atoms with Crippen LogP contribution in [0.1, 0.15) is 53.4 Å². The van der Waals surface area contributed by atoms with Crippen molar-refractivity contribution in [3.8, 4) is 0 Å². The number of hydrogen-bond acceptors (Lipinski definition) is 5. The number of likely N-dealkylation sites (N-methyl/N-ethyl adjacent to an activating group) is 1. The molecule has 35 heavy (non-hydrogen) atoms. The molecule has 6 atom stereocenters. The first-order valence-electron chi connectivity index (χ1n) is 12.9. The molecule has 8 heteroatoms. The van der Waals surface area contributed by atoms with Crippen molar-refractivity contribution in [1.29, 1.82) is 0 Å². The average Bonchev–Trinajstić information content (AvgIpc) is 3.31. The fourth-order valence-corrected chi connectivity index (χ4v) is 6.58. The number of unbranched alkanes of at least 4 members (excludes halogenated alkanes) is 2. The van der Waals surface area contributed by atoms with Crippen LogP contribution in [-0.4, -0.2) is 94.1 Å². The number of fused-ring (bicyclic) bond motifs is 1. The summed E-state index contributed by atoms with van der Waals surface area (Å²) in [6, 6.07) is -0.867. The largest absolute Gasteiger partial charge is 0.396 e. The number of likely N-dealkylation sites (tertiary alicyclic amines) is 1. The predicted octanol–water partition coefficient (Wildman–Crippen LogP) is 2.23. The molecule has 0 radical (unpaired) electrons. The third-order valence-corrected chi connectivity index (χ3v) is 8.38. The molecular formula is C27H43N3O5. The van der Waals surface area contributed by atoms with Gasteiger partial charge in [0.1, 0.15) is 11.6 Å². The van der Waals surface area contributed by atoms with E-state index in [1.165, 1.54) is 0 Å². The van der Waals surface area contributed by atoms with Crippen molar-refractivity contribution in [2.24, 2.45) is 17.8 Å². The van der Waals surface area contributed by atoms with E-state index in [0.717, 1.165) is 6.42 Å². The lowest BCUT2D eigenvalue weighted by Crippen LogP contribution is -2.58. The van der Waals surface area contributed by atoms with Crippen LogP contribution in [0, 0.1) is 17.8 Å². The minimum Gasteiger partial charge on any atom is -0.396 e. The molecule has 3 saturated heterocycles. The van der Waals surface area contributed by atoms with Crippen LogP contribution >= 0.6 is 0 Å². The van der Waals surface area contributed by atoms with Gasteiger partial charge in [0.15, 0.2) is 0 Å². The van der Waals surface area contributed by atoms with E-state index >= 15 is 0 Å². The number of carbonyl (C=O) groups is 3. The van der Waals surface area contributed by atoms with Gasteiger partial charge in [0.2, 0.25) is 17.7 Å². The van der Waals surface area contributed by atoms with E-state index in [1.807, 2.05) is 20.8 Å². The molecule has 0 aromatic carbocycles. The van der Waals surface area contributed by atoms with Crippen molar-refractivity contribution in [3.05, 3.63) is 25.3 Å². The summed E-state index contributed by atoms with van der Waals surface area (Å²) in [5, 5.41) is 9.19. The predicted molar refractivity (Wildman–Crippen MR) is 134 cm³/mol. The maximum atomic E-state index is 14.1. The van der Waals surface area contributed by atoms with Crippen molar-refractivity contribution < 1.29 is 24.2 Å². The van der Waals surface area contributed by atoms with Crippen LogP contribution in [-0.2, 0) is 19.1 Å². The Labute approximate surface area is 210 Å². The number of nitrogens with zero attached hydrogens (tertiary/aromatic N) is 3. The quantitative estimate of drug-likeness (QED) is 0.335. The van der Waals surface area contributed by atoms with Gasteiger partial charge in [0, 0.05) is 39.3 Å². The number of rotatable bonds is 12. The highest BCUT2D eigenvalue weighted by Crippen LogP contribution is 2.65. The number of aliphatic hydroxyl groups excluding tert-OH is 1. The maximum Gasteiger partial charge on any atom is 0.248 e. The van der Waals surface area contributed by atoms with Crippen LogP contribution in [0.25, 0.3) is 0 Å². The SMILES string of the molecule is C=CCN(C)C(=O)[C@@H]1[C@H]2C(=O)N(CCCCCO)C(C(=O)N(CC=C)C(C)C)C23CC(C)[C@@]1(C)O3. The van der Waals surface area contributed by atoms with Gasteiger partial charge in [-0.25, -0.2) is 0 Å². The van der Waals surface area contributed by atoms with Crippen molar-refractivity contribution >= 4 is 17.7 Å². The lowest BCUT2D eigenvalue weighted by Gasteiger charge is -2.39. The minimum atomic E-state index is -1.04. The van der Waals surface area contributed by atoms with Gasteiger partial charge in [-0.2, -0.15) is 0 Å². The Bertz CT molecular complexity index is 860. The standard InChI is InChI=1S/C27H43N3O5/c1-8-13-28(7)23(32)20-21-24(33)30(15-11-10-12-16-31)22(25(34)29(14-9-2)18(3)4)27(21)17-19(5)26(20,6)35-27/h8-9,18-22,31H,1-2,10-17H2,3-7H3/t19?,20-,21-,22?,26+,27?/m0/s1. The molecule has 8 nitrogen and oxygen atoms in total. The second-order valence-electron chi connectivity index (χ2n) is 10.9. The van der Waals surface area contributed by atoms with Crippen LogP contribution in [0.2, 0.25) is 0 Å². The van der Waals surface area contributed by atoms with E-state index in [4.69, 9.17) is 4.74 Å². The molecule has 1 N–H and O–H groups in total. The lowest BCUT2D eigenvalue weighted by molar-refractivity contribution is -0.155. The van der Waals surface area contributed by atoms with E-state index in [1.54, 1.807) is 33.9 Å². The first-order chi connectivity index (χ1) is 16.5. The fraction of sp³-hybridized carbons (Fsp3) is 0.741. The Balaban J connectivity index is 2.08. The monoisotopic (exact) mass is 489 g/mol. The molecule has 3 rings (SSSR count). The summed E-state index contributed by atoms with van der Waals surface area (Å²) in [5.74, 6) is -1.81. The average molecular weight is 490 g/mol. The highest BCUT2D eigenvalue weighted by Gasteiger charge is 2.80. The number of carbonyl (C=O) groups excluding carboxylic acids is 3. The second-order valence-corrected chi connectivity index (χ2v) is 10.9. The van der Waals surface area contributed by atoms with E-state index in [-0.39, 0.29) is 36.3 Å². The van der Waals surface area contributed by atoms with Crippen molar-refractivity contribution in [2.75, 3.05) is 33.3 Å². The Kier molecular flexibility index (Phi) is 8.16. The molecule has 3 aliphatic heterocycles. The third-order valence-electron chi connectivity index (χ3n) is 8.38. The number of hydrogen-bond donors (Lipinski definition) is 1. The molecule has 3 aliphatic rings. The molecular weight excluding hydrogens is 446 g/mol. The van der Waals surface area contributed by atoms with Gasteiger partial charge >= 0.3 is 0 Å². The van der Waals surface area contributed by atoms with Gasteiger partial charge in [-0.05, 0) is 52.4 Å². The second kappa shape index (κ2) is 10.4. The van der Waals surface area contributed by atoms with E-state index in [9.17, 15) is 19.5 Å². The Morgan fingerprint density at radius 1 is 1.20 bits per heavy atom. The van der Waals surface area contributed by atoms with Gasteiger partial charge in [-0.15, -0.1) is 13.2 Å². The third kappa shape index (κ3) is 4.33. The van der Waals surface area contributed by atoms with Crippen LogP contribution in [0.15, 0.2) is 25.3 Å². The smallest absolute Gasteiger partial charge is 0.248 e. The van der Waals surface area contributed by atoms with E-state index < -0.39 is 29.1 Å². The Hall–Kier alpha value is -2.19. The van der Waals surface area contributed by atoms with E-state index in [2.05, 4.69) is 20.1 Å². The van der Waals surface area contributed by atoms with Gasteiger partial charge in [0.05, 0.1) is 17.4 Å². The van der Waals surface area contributed by atoms with Gasteiger partial charge in [-0.3, -0.25) is 14.4 Å². The van der Waals surface area contributed by atoms with Crippen molar-refractivity contribution in [2.45, 2.75) is 76.7 Å². The maximum absolute atomic E-state index is 14.1. The summed E-state index contributed by atoms with van der Waals surface area (Å²) in [6.45, 7) is 16.7. The number of ether oxygens (including phenoxy) is 1. The zero-order valence-electron chi connectivity index (χ0n) is 22.0. The molecule has 0 aliphatic carbocycles. The van der Waals surface area contributed by atoms with Crippen molar-refractivity contribution in [1.82, 2.24) is 14.7 Å². The van der Waals surface area contributed by atoms with Gasteiger partial charge < -0.3 is 24.5 Å². The molecule has 196 valence electrons. The molecule has 3 amide bonds. The molecule has 3 heterocycles. The summed E-state index contributed by atoms with van der Waals surface area (Å²) in [7, 11) is 1.72. The minimum absolute atomic E-state index is 0.00849. The summed E-state index contributed by atoms with van der Waals surface area (Å²) < 4.78 is 6.77. The normalized spacial score (nSPS) is 33.2. The zero-order chi connectivity index (χ0) is 26.1. The van der Waals surface area contributed by atoms with Crippen LogP contribution in [0.4, 0.5) is 0 Å². The Morgan fingerprint density at radius 2 is 1.86 bits per heavy atom. The van der Waals surface area contributed by atoms with E-state index in [0.29, 0.717) is 38.9 Å². The first-order valence-corrected chi connectivity index (χ1v) is 12.9. The first kappa shape index (κ1) is 27.4. The van der Waals surface area contributed by atoms with Crippen molar-refractivity contribution in [3.63, 3.8) is 0 Å². The molecule has 2 bridgehead atoms. The Morgan fingerprint density at radius 3 is 2.43 bits per heavy atom. The molecule has 3 unspecified atom stereocenters. The molecule has 0 aromatic rings. The number of amides is 3. The summed E-state index contributed by atoms with van der Waals surface area (Å²) in [4.78, 5) is 46.9. The lowest BCUT2D eigenvalue weighted by atomic mass is 9.62. The van der Waals surface area contributed by atoms with Gasteiger partial charge in [-0.1, -0.05) is 19.1 Å². The molecule has 0 saturated carbocycles. The van der Waals surface area contributed by atoms with Crippen LogP contribution in [0.3, 0.4) is 0 Å². The van der Waals surface area contributed by atoms with Crippen LogP contribution < -0.4 is 0 Å². The fourth-order valence-electron chi connectivity index (χ4n) is 6.58. The summed E-state index contributed by atoms with van der Waals surface area (Å²) in [6.07, 6.45) is 5.98. The molecule has 3 fully saturated rings. The summed E-state index contributed by atoms with van der Waals surface area (Å²) in [5.41, 5.74) is -1.86. The highest BCUT2D eigenvalue weighted by atomic mass is 16.5. The number of aliphatic hydroxyl groups is 1. The molecule has 1 spiro atoms. The zero-order valence-corrected chi connectivity index (χ0v) is 22.0. The van der Waals surface area contributed by atoms with Crippen LogP contribution in [0.5, 0.6) is 0 Å². The highest BCUT2D eigenvalue weighted by molar-refractivity contribution is 5.99. The summed E-state index contributed by atoms with van der Waals surface area (Å²) >= 11 is 0.